The third-order valence-corrected chi connectivity index (χ3v) is 3.13. The van der Waals surface area contributed by atoms with Crippen LogP contribution < -0.4 is 5.32 Å². The molecule has 0 aliphatic carbocycles. The monoisotopic (exact) mass is 285 g/mol. The van der Waals surface area contributed by atoms with Crippen LogP contribution in [0.3, 0.4) is 0 Å². The molecule has 0 aromatic heterocycles. The van der Waals surface area contributed by atoms with E-state index in [1.165, 1.54) is 18.2 Å². The summed E-state index contributed by atoms with van der Waals surface area (Å²) in [4.78, 5) is 23.2. The molecule has 5 heteroatoms. The summed E-state index contributed by atoms with van der Waals surface area (Å²) in [5.41, 5.74) is 2.28. The molecule has 0 saturated heterocycles. The zero-order valence-corrected chi connectivity index (χ0v) is 11.7. The number of carboxylic acid groups (broad SMARTS) is 1. The molecule has 0 aliphatic rings. The molecule has 0 bridgehead atoms. The number of phenols is 1. The minimum atomic E-state index is -1.13. The number of benzene rings is 2. The first-order valence-electron chi connectivity index (χ1n) is 6.33. The summed E-state index contributed by atoms with van der Waals surface area (Å²) in [6, 6.07) is 9.20. The zero-order valence-electron chi connectivity index (χ0n) is 11.7. The lowest BCUT2D eigenvalue weighted by Gasteiger charge is -2.10. The van der Waals surface area contributed by atoms with Crippen LogP contribution in [-0.4, -0.2) is 22.1 Å². The Labute approximate surface area is 121 Å². The Bertz CT molecular complexity index is 722. The molecular weight excluding hydrogens is 270 g/mol. The first-order chi connectivity index (χ1) is 9.88. The fraction of sp³-hybridized carbons (Fsp3) is 0.125. The molecule has 1 amide bonds. The summed E-state index contributed by atoms with van der Waals surface area (Å²) in [6.07, 6.45) is 0. The van der Waals surface area contributed by atoms with Crippen LogP contribution in [0.4, 0.5) is 5.69 Å². The van der Waals surface area contributed by atoms with Crippen LogP contribution in [0.1, 0.15) is 31.8 Å². The average Bonchev–Trinajstić information content (AvgIpc) is 2.43. The van der Waals surface area contributed by atoms with E-state index in [-0.39, 0.29) is 17.0 Å². The Kier molecular flexibility index (Phi) is 3.93. The molecule has 3 N–H and O–H groups in total. The van der Waals surface area contributed by atoms with Gasteiger partial charge in [0, 0.05) is 5.56 Å². The van der Waals surface area contributed by atoms with E-state index in [0.717, 1.165) is 11.1 Å². The van der Waals surface area contributed by atoms with Crippen LogP contribution in [-0.2, 0) is 0 Å². The van der Waals surface area contributed by atoms with Crippen LogP contribution >= 0.6 is 0 Å². The largest absolute Gasteiger partial charge is 0.506 e. The zero-order chi connectivity index (χ0) is 15.6. The van der Waals surface area contributed by atoms with Gasteiger partial charge in [-0.05, 0) is 43.7 Å². The first kappa shape index (κ1) is 14.6. The minimum absolute atomic E-state index is 0.0101. The standard InChI is InChI=1S/C16H15NO4/c1-9-3-4-10(2)12(7-9)15(19)17-13-8-11(16(20)21)5-6-14(13)18/h3-8,18H,1-2H3,(H,17,19)(H,20,21). The molecule has 0 aliphatic heterocycles. The molecule has 0 atom stereocenters. The summed E-state index contributed by atoms with van der Waals surface area (Å²) in [6.45, 7) is 3.68. The van der Waals surface area contributed by atoms with Gasteiger partial charge < -0.3 is 15.5 Å². The van der Waals surface area contributed by atoms with Gasteiger partial charge in [-0.15, -0.1) is 0 Å². The minimum Gasteiger partial charge on any atom is -0.506 e. The molecule has 0 unspecified atom stereocenters. The molecule has 2 rings (SSSR count). The number of phenolic OH excluding ortho intramolecular Hbond substituents is 1. The summed E-state index contributed by atoms with van der Waals surface area (Å²) in [5, 5.41) is 21.2. The number of aromatic hydroxyl groups is 1. The molecule has 0 heterocycles. The maximum absolute atomic E-state index is 12.3. The first-order valence-corrected chi connectivity index (χ1v) is 6.33. The average molecular weight is 285 g/mol. The van der Waals surface area contributed by atoms with E-state index in [1.807, 2.05) is 26.0 Å². The van der Waals surface area contributed by atoms with E-state index in [2.05, 4.69) is 5.32 Å². The van der Waals surface area contributed by atoms with Crippen molar-refractivity contribution in [2.24, 2.45) is 0 Å². The predicted molar refractivity (Wildman–Crippen MR) is 78.9 cm³/mol. The normalized spacial score (nSPS) is 10.2. The van der Waals surface area contributed by atoms with Gasteiger partial charge in [0.15, 0.2) is 0 Å². The number of aryl methyl sites for hydroxylation is 2. The quantitative estimate of drug-likeness (QED) is 0.757. The lowest BCUT2D eigenvalue weighted by Crippen LogP contribution is -2.14. The number of hydrogen-bond donors (Lipinski definition) is 3. The highest BCUT2D eigenvalue weighted by Crippen LogP contribution is 2.25. The van der Waals surface area contributed by atoms with Gasteiger partial charge in [0.2, 0.25) is 0 Å². The van der Waals surface area contributed by atoms with Gasteiger partial charge in [-0.1, -0.05) is 17.7 Å². The highest BCUT2D eigenvalue weighted by molar-refractivity contribution is 6.06. The Hall–Kier alpha value is -2.82. The fourth-order valence-electron chi connectivity index (χ4n) is 1.94. The van der Waals surface area contributed by atoms with E-state index in [4.69, 9.17) is 5.11 Å². The number of hydrogen-bond acceptors (Lipinski definition) is 3. The number of nitrogens with one attached hydrogen (secondary N) is 1. The topological polar surface area (TPSA) is 86.6 Å². The number of carbonyl (C=O) groups excluding carboxylic acids is 1. The highest BCUT2D eigenvalue weighted by Gasteiger charge is 2.13. The smallest absolute Gasteiger partial charge is 0.335 e. The summed E-state index contributed by atoms with van der Waals surface area (Å²) >= 11 is 0. The van der Waals surface area contributed by atoms with Crippen molar-refractivity contribution in [3.05, 3.63) is 58.7 Å². The Morgan fingerprint density at radius 1 is 1.05 bits per heavy atom. The summed E-state index contributed by atoms with van der Waals surface area (Å²) in [5.74, 6) is -1.70. The fourth-order valence-corrected chi connectivity index (χ4v) is 1.94. The molecule has 0 saturated carbocycles. The Morgan fingerprint density at radius 2 is 1.76 bits per heavy atom. The lowest BCUT2D eigenvalue weighted by molar-refractivity contribution is 0.0696. The Balaban J connectivity index is 2.33. The van der Waals surface area contributed by atoms with Crippen molar-refractivity contribution in [1.29, 1.82) is 0 Å². The summed E-state index contributed by atoms with van der Waals surface area (Å²) in [7, 11) is 0. The molecular formula is C16H15NO4. The van der Waals surface area contributed by atoms with Gasteiger partial charge in [0.1, 0.15) is 5.75 Å². The van der Waals surface area contributed by atoms with Gasteiger partial charge in [-0.3, -0.25) is 4.79 Å². The lowest BCUT2D eigenvalue weighted by atomic mass is 10.0. The van der Waals surface area contributed by atoms with Crippen molar-refractivity contribution >= 4 is 17.6 Å². The Morgan fingerprint density at radius 3 is 2.43 bits per heavy atom. The van der Waals surface area contributed by atoms with Crippen LogP contribution in [0.2, 0.25) is 0 Å². The van der Waals surface area contributed by atoms with Gasteiger partial charge >= 0.3 is 5.97 Å². The molecule has 5 nitrogen and oxygen atoms in total. The van der Waals surface area contributed by atoms with Crippen LogP contribution in [0.25, 0.3) is 0 Å². The van der Waals surface area contributed by atoms with E-state index < -0.39 is 11.9 Å². The van der Waals surface area contributed by atoms with E-state index >= 15 is 0 Å². The van der Waals surface area contributed by atoms with Crippen molar-refractivity contribution in [2.75, 3.05) is 5.32 Å². The molecule has 2 aromatic carbocycles. The van der Waals surface area contributed by atoms with Gasteiger partial charge in [0.25, 0.3) is 5.91 Å². The molecule has 2 aromatic rings. The third kappa shape index (κ3) is 3.20. The number of carbonyl (C=O) groups is 2. The maximum atomic E-state index is 12.3. The van der Waals surface area contributed by atoms with Gasteiger partial charge in [-0.25, -0.2) is 4.79 Å². The second kappa shape index (κ2) is 5.66. The number of anilines is 1. The second-order valence-electron chi connectivity index (χ2n) is 4.81. The van der Waals surface area contributed by atoms with Crippen molar-refractivity contribution in [3.63, 3.8) is 0 Å². The van der Waals surface area contributed by atoms with Crippen molar-refractivity contribution < 1.29 is 19.8 Å². The van der Waals surface area contributed by atoms with Gasteiger partial charge in [0.05, 0.1) is 11.3 Å². The van der Waals surface area contributed by atoms with Crippen LogP contribution in [0.15, 0.2) is 36.4 Å². The predicted octanol–water partition coefficient (Wildman–Crippen LogP) is 2.96. The van der Waals surface area contributed by atoms with E-state index in [0.29, 0.717) is 5.56 Å². The number of rotatable bonds is 3. The van der Waals surface area contributed by atoms with Crippen molar-refractivity contribution in [2.45, 2.75) is 13.8 Å². The van der Waals surface area contributed by atoms with Crippen molar-refractivity contribution in [3.8, 4) is 5.75 Å². The number of amides is 1. The van der Waals surface area contributed by atoms with Crippen LogP contribution in [0, 0.1) is 13.8 Å². The number of carboxylic acids is 1. The van der Waals surface area contributed by atoms with E-state index in [1.54, 1.807) is 6.07 Å². The molecule has 0 radical (unpaired) electrons. The van der Waals surface area contributed by atoms with Crippen molar-refractivity contribution in [1.82, 2.24) is 0 Å². The maximum Gasteiger partial charge on any atom is 0.335 e. The third-order valence-electron chi connectivity index (χ3n) is 3.13. The van der Waals surface area contributed by atoms with Crippen LogP contribution in [0.5, 0.6) is 5.75 Å². The number of aromatic carboxylic acids is 1. The SMILES string of the molecule is Cc1ccc(C)c(C(=O)Nc2cc(C(=O)O)ccc2O)c1. The summed E-state index contributed by atoms with van der Waals surface area (Å²) < 4.78 is 0. The molecule has 21 heavy (non-hydrogen) atoms. The van der Waals surface area contributed by atoms with E-state index in [9.17, 15) is 14.7 Å². The molecule has 0 fully saturated rings. The van der Waals surface area contributed by atoms with Gasteiger partial charge in [-0.2, -0.15) is 0 Å². The highest BCUT2D eigenvalue weighted by atomic mass is 16.4. The second-order valence-corrected chi connectivity index (χ2v) is 4.81. The molecule has 0 spiro atoms. The molecule has 108 valence electrons.